The maximum Gasteiger partial charge on any atom is 0.0518 e. The van der Waals surface area contributed by atoms with Gasteiger partial charge in [0.05, 0.1) is 5.69 Å². The van der Waals surface area contributed by atoms with Crippen molar-refractivity contribution in [3.63, 3.8) is 0 Å². The van der Waals surface area contributed by atoms with Crippen molar-refractivity contribution in [2.24, 2.45) is 0 Å². The molecule has 0 fully saturated rings. The van der Waals surface area contributed by atoms with E-state index in [0.29, 0.717) is 12.1 Å². The molecule has 4 nitrogen and oxygen atoms in total. The van der Waals surface area contributed by atoms with Crippen molar-refractivity contribution in [2.75, 3.05) is 20.1 Å². The summed E-state index contributed by atoms with van der Waals surface area (Å²) < 4.78 is 0. The Balaban J connectivity index is 2.21. The van der Waals surface area contributed by atoms with E-state index in [1.807, 2.05) is 6.07 Å². The van der Waals surface area contributed by atoms with Crippen LogP contribution in [-0.2, 0) is 0 Å². The van der Waals surface area contributed by atoms with Crippen LogP contribution in [0, 0.1) is 0 Å². The standard InChI is InChI=1S/C11H22N4/c1-9(2)15(4)8-7-12-10(3)11-5-6-13-14-11/h5-6,9-10,12H,7-8H2,1-4H3,(H,13,14). The van der Waals surface area contributed by atoms with Crippen LogP contribution >= 0.6 is 0 Å². The summed E-state index contributed by atoms with van der Waals surface area (Å²) in [7, 11) is 2.15. The lowest BCUT2D eigenvalue weighted by Crippen LogP contribution is -2.34. The molecule has 1 aromatic rings. The second-order valence-electron chi connectivity index (χ2n) is 4.26. The first-order valence-corrected chi connectivity index (χ1v) is 5.54. The van der Waals surface area contributed by atoms with E-state index < -0.39 is 0 Å². The molecule has 0 radical (unpaired) electrons. The Morgan fingerprint density at radius 2 is 2.20 bits per heavy atom. The second kappa shape index (κ2) is 5.88. The highest BCUT2D eigenvalue weighted by atomic mass is 15.1. The van der Waals surface area contributed by atoms with Crippen LogP contribution in [0.5, 0.6) is 0 Å². The van der Waals surface area contributed by atoms with E-state index in [-0.39, 0.29) is 0 Å². The number of nitrogens with zero attached hydrogens (tertiary/aromatic N) is 2. The van der Waals surface area contributed by atoms with Crippen LogP contribution < -0.4 is 5.32 Å². The third-order valence-corrected chi connectivity index (χ3v) is 2.79. The largest absolute Gasteiger partial charge is 0.308 e. The molecule has 1 atom stereocenters. The molecule has 1 aromatic heterocycles. The molecule has 1 heterocycles. The van der Waals surface area contributed by atoms with Crippen molar-refractivity contribution in [1.29, 1.82) is 0 Å². The number of hydrogen-bond acceptors (Lipinski definition) is 3. The predicted molar refractivity (Wildman–Crippen MR) is 62.8 cm³/mol. The molecule has 0 aliphatic rings. The molecule has 0 spiro atoms. The van der Waals surface area contributed by atoms with E-state index in [1.165, 1.54) is 0 Å². The van der Waals surface area contributed by atoms with E-state index in [4.69, 9.17) is 0 Å². The van der Waals surface area contributed by atoms with Gasteiger partial charge in [-0.05, 0) is 33.9 Å². The van der Waals surface area contributed by atoms with Gasteiger partial charge in [0.2, 0.25) is 0 Å². The second-order valence-corrected chi connectivity index (χ2v) is 4.26. The molecule has 86 valence electrons. The van der Waals surface area contributed by atoms with Crippen LogP contribution in [0.1, 0.15) is 32.5 Å². The number of rotatable bonds is 6. The zero-order chi connectivity index (χ0) is 11.3. The van der Waals surface area contributed by atoms with E-state index in [0.717, 1.165) is 18.8 Å². The normalized spacial score (nSPS) is 13.7. The van der Waals surface area contributed by atoms with Gasteiger partial charge in [-0.15, -0.1) is 0 Å². The fourth-order valence-electron chi connectivity index (χ4n) is 1.33. The summed E-state index contributed by atoms with van der Waals surface area (Å²) in [6, 6.07) is 2.95. The zero-order valence-electron chi connectivity index (χ0n) is 10.1. The summed E-state index contributed by atoms with van der Waals surface area (Å²) in [5, 5.41) is 10.4. The number of nitrogens with one attached hydrogen (secondary N) is 2. The summed E-state index contributed by atoms with van der Waals surface area (Å²) in [4.78, 5) is 2.33. The first kappa shape index (κ1) is 12.2. The smallest absolute Gasteiger partial charge is 0.0518 e. The van der Waals surface area contributed by atoms with Gasteiger partial charge < -0.3 is 10.2 Å². The Labute approximate surface area is 92.1 Å². The molecule has 15 heavy (non-hydrogen) atoms. The van der Waals surface area contributed by atoms with Crippen molar-refractivity contribution in [1.82, 2.24) is 20.4 Å². The SMILES string of the molecule is CC(NCCN(C)C(C)C)c1ccn[nH]1. The third-order valence-electron chi connectivity index (χ3n) is 2.79. The minimum atomic E-state index is 0.341. The lowest BCUT2D eigenvalue weighted by atomic mass is 10.2. The zero-order valence-corrected chi connectivity index (χ0v) is 10.1. The van der Waals surface area contributed by atoms with Crippen LogP contribution in [0.4, 0.5) is 0 Å². The lowest BCUT2D eigenvalue weighted by molar-refractivity contribution is 0.269. The molecule has 0 aliphatic carbocycles. The molecular formula is C11H22N4. The highest BCUT2D eigenvalue weighted by Crippen LogP contribution is 2.06. The third kappa shape index (κ3) is 4.01. The molecule has 1 rings (SSSR count). The first-order chi connectivity index (χ1) is 7.11. The molecule has 1 unspecified atom stereocenters. The van der Waals surface area contributed by atoms with E-state index in [9.17, 15) is 0 Å². The Morgan fingerprint density at radius 3 is 2.73 bits per heavy atom. The van der Waals surface area contributed by atoms with Gasteiger partial charge in [-0.2, -0.15) is 5.10 Å². The summed E-state index contributed by atoms with van der Waals surface area (Å²) in [6.07, 6.45) is 1.79. The summed E-state index contributed by atoms with van der Waals surface area (Å²) >= 11 is 0. The maximum atomic E-state index is 3.94. The molecule has 2 N–H and O–H groups in total. The van der Waals surface area contributed by atoms with Gasteiger partial charge in [0.1, 0.15) is 0 Å². The number of H-pyrrole nitrogens is 1. The van der Waals surface area contributed by atoms with E-state index in [1.54, 1.807) is 6.20 Å². The van der Waals surface area contributed by atoms with Crippen LogP contribution in [0.25, 0.3) is 0 Å². The molecule has 0 amide bonds. The monoisotopic (exact) mass is 210 g/mol. The minimum absolute atomic E-state index is 0.341. The van der Waals surface area contributed by atoms with Gasteiger partial charge in [0.15, 0.2) is 0 Å². The van der Waals surface area contributed by atoms with Crippen molar-refractivity contribution >= 4 is 0 Å². The molecule has 4 heteroatoms. The molecule has 0 bridgehead atoms. The first-order valence-electron chi connectivity index (χ1n) is 5.54. The molecule has 0 aliphatic heterocycles. The predicted octanol–water partition coefficient (Wildman–Crippen LogP) is 1.40. The van der Waals surface area contributed by atoms with Crippen molar-refractivity contribution in [2.45, 2.75) is 32.9 Å². The van der Waals surface area contributed by atoms with Crippen LogP contribution in [-0.4, -0.2) is 41.3 Å². The fraction of sp³-hybridized carbons (Fsp3) is 0.727. The number of likely N-dealkylation sites (N-methyl/N-ethyl adjacent to an activating group) is 1. The van der Waals surface area contributed by atoms with Crippen LogP contribution in [0.3, 0.4) is 0 Å². The van der Waals surface area contributed by atoms with E-state index in [2.05, 4.69) is 48.2 Å². The maximum absolute atomic E-state index is 3.94. The molecule has 0 aromatic carbocycles. The quantitative estimate of drug-likeness (QED) is 0.746. The van der Waals surface area contributed by atoms with Gasteiger partial charge in [-0.1, -0.05) is 0 Å². The summed E-state index contributed by atoms with van der Waals surface area (Å²) in [5.74, 6) is 0. The molecular weight excluding hydrogens is 188 g/mol. The Bertz CT molecular complexity index is 256. The van der Waals surface area contributed by atoms with Gasteiger partial charge in [-0.25, -0.2) is 0 Å². The molecule has 0 saturated carbocycles. The highest BCUT2D eigenvalue weighted by molar-refractivity contribution is 5.02. The minimum Gasteiger partial charge on any atom is -0.308 e. The summed E-state index contributed by atoms with van der Waals surface area (Å²) in [5.41, 5.74) is 1.14. The number of hydrogen-bond donors (Lipinski definition) is 2. The number of aromatic amines is 1. The Hall–Kier alpha value is -0.870. The number of aromatic nitrogens is 2. The van der Waals surface area contributed by atoms with Crippen LogP contribution in [0.15, 0.2) is 12.3 Å². The van der Waals surface area contributed by atoms with Gasteiger partial charge in [-0.3, -0.25) is 5.10 Å². The Kier molecular flexibility index (Phi) is 4.78. The van der Waals surface area contributed by atoms with E-state index >= 15 is 0 Å². The molecule has 0 saturated heterocycles. The average molecular weight is 210 g/mol. The van der Waals surface area contributed by atoms with Crippen molar-refractivity contribution < 1.29 is 0 Å². The van der Waals surface area contributed by atoms with Crippen molar-refractivity contribution in [3.05, 3.63) is 18.0 Å². The summed E-state index contributed by atoms with van der Waals surface area (Å²) in [6.45, 7) is 8.62. The van der Waals surface area contributed by atoms with Gasteiger partial charge in [0, 0.05) is 31.4 Å². The van der Waals surface area contributed by atoms with Crippen molar-refractivity contribution in [3.8, 4) is 0 Å². The highest BCUT2D eigenvalue weighted by Gasteiger charge is 2.06. The Morgan fingerprint density at radius 1 is 1.47 bits per heavy atom. The van der Waals surface area contributed by atoms with Gasteiger partial charge >= 0.3 is 0 Å². The van der Waals surface area contributed by atoms with Gasteiger partial charge in [0.25, 0.3) is 0 Å². The topological polar surface area (TPSA) is 44.0 Å². The lowest BCUT2D eigenvalue weighted by Gasteiger charge is -2.22. The fourth-order valence-corrected chi connectivity index (χ4v) is 1.33. The average Bonchev–Trinajstić information content (AvgIpc) is 2.70. The van der Waals surface area contributed by atoms with Crippen LogP contribution in [0.2, 0.25) is 0 Å².